The fourth-order valence-electron chi connectivity index (χ4n) is 3.17. The molecule has 2 atom stereocenters. The molecule has 1 fully saturated rings. The number of nitrogens with one attached hydrogen (secondary N) is 1. The van der Waals surface area contributed by atoms with Gasteiger partial charge in [-0.3, -0.25) is 0 Å². The Labute approximate surface area is 117 Å². The second kappa shape index (κ2) is 6.95. The van der Waals surface area contributed by atoms with Crippen LogP contribution in [0.25, 0.3) is 0 Å². The third-order valence-electron chi connectivity index (χ3n) is 4.46. The van der Waals surface area contributed by atoms with Gasteiger partial charge in [0.25, 0.3) is 0 Å². The van der Waals surface area contributed by atoms with Crippen molar-refractivity contribution < 1.29 is 4.74 Å². The summed E-state index contributed by atoms with van der Waals surface area (Å²) in [5.41, 5.74) is 1.31. The quantitative estimate of drug-likeness (QED) is 0.852. The maximum absolute atomic E-state index is 5.30. The van der Waals surface area contributed by atoms with Gasteiger partial charge in [0.2, 0.25) is 0 Å². The summed E-state index contributed by atoms with van der Waals surface area (Å²) in [4.78, 5) is 0. The Morgan fingerprint density at radius 3 is 2.58 bits per heavy atom. The summed E-state index contributed by atoms with van der Waals surface area (Å²) in [6, 6.07) is 9.35. The van der Waals surface area contributed by atoms with Crippen LogP contribution in [0.3, 0.4) is 0 Å². The molecule has 2 nitrogen and oxygen atoms in total. The van der Waals surface area contributed by atoms with Gasteiger partial charge in [0, 0.05) is 12.1 Å². The molecule has 0 spiro atoms. The zero-order chi connectivity index (χ0) is 13.7. The highest BCUT2D eigenvalue weighted by atomic mass is 16.5. The summed E-state index contributed by atoms with van der Waals surface area (Å²) in [6.07, 6.45) is 7.01. The highest BCUT2D eigenvalue weighted by molar-refractivity contribution is 5.30. The Morgan fingerprint density at radius 2 is 1.89 bits per heavy atom. The molecule has 1 aromatic rings. The van der Waals surface area contributed by atoms with Gasteiger partial charge in [-0.15, -0.1) is 0 Å². The van der Waals surface area contributed by atoms with Crippen LogP contribution in [0.5, 0.6) is 5.75 Å². The second-order valence-corrected chi connectivity index (χ2v) is 5.85. The predicted octanol–water partition coefficient (Wildman–Crippen LogP) is 4.31. The van der Waals surface area contributed by atoms with Crippen LogP contribution >= 0.6 is 0 Å². The smallest absolute Gasteiger partial charge is 0.119 e. The van der Waals surface area contributed by atoms with Crippen molar-refractivity contribution in [3.05, 3.63) is 29.8 Å². The average Bonchev–Trinajstić information content (AvgIpc) is 2.48. The molecule has 0 heterocycles. The molecule has 1 aromatic carbocycles. The molecule has 0 radical (unpaired) electrons. The molecule has 0 saturated heterocycles. The molecule has 0 aliphatic heterocycles. The van der Waals surface area contributed by atoms with E-state index in [-0.39, 0.29) is 0 Å². The number of hydrogen-bond acceptors (Lipinski definition) is 2. The Balaban J connectivity index is 1.93. The van der Waals surface area contributed by atoms with E-state index >= 15 is 0 Å². The molecule has 1 aliphatic carbocycles. The minimum atomic E-state index is 0.382. The number of hydrogen-bond donors (Lipinski definition) is 1. The third kappa shape index (κ3) is 3.97. The van der Waals surface area contributed by atoms with E-state index in [0.29, 0.717) is 12.1 Å². The van der Waals surface area contributed by atoms with Crippen molar-refractivity contribution in [2.45, 2.75) is 58.0 Å². The van der Waals surface area contributed by atoms with Gasteiger partial charge >= 0.3 is 0 Å². The van der Waals surface area contributed by atoms with E-state index in [9.17, 15) is 0 Å². The van der Waals surface area contributed by atoms with E-state index in [4.69, 9.17) is 4.74 Å². The number of methoxy groups -OCH3 is 1. The number of benzene rings is 1. The summed E-state index contributed by atoms with van der Waals surface area (Å²) in [7, 11) is 1.72. The van der Waals surface area contributed by atoms with Crippen LogP contribution in [0.2, 0.25) is 0 Å². The van der Waals surface area contributed by atoms with E-state index in [2.05, 4.69) is 37.4 Å². The molecule has 1 saturated carbocycles. The summed E-state index contributed by atoms with van der Waals surface area (Å²) in [5, 5.41) is 3.76. The molecule has 0 amide bonds. The summed E-state index contributed by atoms with van der Waals surface area (Å²) in [5.74, 6) is 1.79. The highest BCUT2D eigenvalue weighted by Gasteiger charge is 2.21. The van der Waals surface area contributed by atoms with Crippen LogP contribution < -0.4 is 10.1 Å². The third-order valence-corrected chi connectivity index (χ3v) is 4.46. The zero-order valence-electron chi connectivity index (χ0n) is 12.5. The Morgan fingerprint density at radius 1 is 1.16 bits per heavy atom. The first-order chi connectivity index (χ1) is 9.20. The van der Waals surface area contributed by atoms with Crippen molar-refractivity contribution in [3.63, 3.8) is 0 Å². The Kier molecular flexibility index (Phi) is 5.26. The van der Waals surface area contributed by atoms with E-state index in [1.807, 2.05) is 6.07 Å². The summed E-state index contributed by atoms with van der Waals surface area (Å²) < 4.78 is 5.30. The largest absolute Gasteiger partial charge is 0.497 e. The summed E-state index contributed by atoms with van der Waals surface area (Å²) >= 11 is 0. The van der Waals surface area contributed by atoms with E-state index in [0.717, 1.165) is 11.7 Å². The van der Waals surface area contributed by atoms with Crippen molar-refractivity contribution in [1.29, 1.82) is 0 Å². The van der Waals surface area contributed by atoms with Crippen LogP contribution in [0.15, 0.2) is 24.3 Å². The van der Waals surface area contributed by atoms with Crippen LogP contribution in [0, 0.1) is 5.92 Å². The maximum Gasteiger partial charge on any atom is 0.119 e. The monoisotopic (exact) mass is 261 g/mol. The van der Waals surface area contributed by atoms with Gasteiger partial charge in [-0.2, -0.15) is 0 Å². The molecule has 2 heteroatoms. The minimum absolute atomic E-state index is 0.382. The van der Waals surface area contributed by atoms with Crippen molar-refractivity contribution in [1.82, 2.24) is 5.32 Å². The lowest BCUT2D eigenvalue weighted by atomic mass is 9.84. The molecule has 1 N–H and O–H groups in total. The van der Waals surface area contributed by atoms with Crippen molar-refractivity contribution in [2.75, 3.05) is 7.11 Å². The van der Waals surface area contributed by atoms with Crippen LogP contribution in [-0.2, 0) is 0 Å². The van der Waals surface area contributed by atoms with Gasteiger partial charge < -0.3 is 10.1 Å². The lowest BCUT2D eigenvalue weighted by Crippen LogP contribution is -2.36. The molecule has 19 heavy (non-hydrogen) atoms. The maximum atomic E-state index is 5.30. The molecular weight excluding hydrogens is 234 g/mol. The Hall–Kier alpha value is -1.02. The predicted molar refractivity (Wildman–Crippen MR) is 80.6 cm³/mol. The fraction of sp³-hybridized carbons (Fsp3) is 0.647. The number of rotatable bonds is 5. The minimum Gasteiger partial charge on any atom is -0.497 e. The molecule has 1 aliphatic rings. The van der Waals surface area contributed by atoms with Gasteiger partial charge in [-0.25, -0.2) is 0 Å². The van der Waals surface area contributed by atoms with Crippen LogP contribution in [0.4, 0.5) is 0 Å². The van der Waals surface area contributed by atoms with E-state index in [1.54, 1.807) is 7.11 Å². The lowest BCUT2D eigenvalue weighted by Gasteiger charge is -2.31. The average molecular weight is 261 g/mol. The van der Waals surface area contributed by atoms with Gasteiger partial charge in [0.05, 0.1) is 7.11 Å². The first-order valence-corrected chi connectivity index (χ1v) is 7.60. The first-order valence-electron chi connectivity index (χ1n) is 7.60. The van der Waals surface area contributed by atoms with Crippen LogP contribution in [0.1, 0.15) is 57.6 Å². The molecule has 106 valence electrons. The fourth-order valence-corrected chi connectivity index (χ4v) is 3.17. The normalized spacial score (nSPS) is 19.9. The van der Waals surface area contributed by atoms with E-state index in [1.165, 1.54) is 37.7 Å². The molecular formula is C17H27NO. The van der Waals surface area contributed by atoms with Gasteiger partial charge in [-0.05, 0) is 50.3 Å². The highest BCUT2D eigenvalue weighted by Crippen LogP contribution is 2.28. The second-order valence-electron chi connectivity index (χ2n) is 5.85. The number of ether oxygens (including phenoxy) is 1. The molecule has 2 rings (SSSR count). The van der Waals surface area contributed by atoms with Gasteiger partial charge in [0.15, 0.2) is 0 Å². The van der Waals surface area contributed by atoms with Crippen molar-refractivity contribution in [2.24, 2.45) is 5.92 Å². The van der Waals surface area contributed by atoms with Crippen molar-refractivity contribution >= 4 is 0 Å². The zero-order valence-corrected chi connectivity index (χ0v) is 12.5. The van der Waals surface area contributed by atoms with Gasteiger partial charge in [0.1, 0.15) is 5.75 Å². The van der Waals surface area contributed by atoms with Gasteiger partial charge in [-0.1, -0.05) is 31.4 Å². The van der Waals surface area contributed by atoms with Crippen LogP contribution in [-0.4, -0.2) is 13.2 Å². The SMILES string of the molecule is COc1cccc(C(C)NC(C)C2CCCCC2)c1. The Bertz CT molecular complexity index is 385. The standard InChI is InChI=1S/C17H27NO/c1-13(15-8-5-4-6-9-15)18-14(2)16-10-7-11-17(12-16)19-3/h7,10-15,18H,4-6,8-9H2,1-3H3. The lowest BCUT2D eigenvalue weighted by molar-refractivity contribution is 0.268. The van der Waals surface area contributed by atoms with E-state index < -0.39 is 0 Å². The topological polar surface area (TPSA) is 21.3 Å². The first kappa shape index (κ1) is 14.4. The molecule has 0 aromatic heterocycles. The molecule has 0 bridgehead atoms. The van der Waals surface area contributed by atoms with Crippen molar-refractivity contribution in [3.8, 4) is 5.75 Å². The summed E-state index contributed by atoms with van der Waals surface area (Å²) in [6.45, 7) is 4.58. The molecule has 2 unspecified atom stereocenters.